The summed E-state index contributed by atoms with van der Waals surface area (Å²) in [5.74, 6) is -1.85. The van der Waals surface area contributed by atoms with E-state index >= 15 is 0 Å². The Balaban J connectivity index is 1.74. The Kier molecular flexibility index (Phi) is 9.39. The van der Waals surface area contributed by atoms with Crippen molar-refractivity contribution in [3.8, 4) is 17.1 Å². The molecule has 0 aliphatic heterocycles. The summed E-state index contributed by atoms with van der Waals surface area (Å²) in [6, 6.07) is 14.2. The van der Waals surface area contributed by atoms with Gasteiger partial charge >= 0.3 is 13.3 Å². The van der Waals surface area contributed by atoms with E-state index in [0.717, 1.165) is 21.5 Å². The molecule has 11 nitrogen and oxygen atoms in total. The van der Waals surface area contributed by atoms with E-state index in [9.17, 15) is 24.1 Å². The van der Waals surface area contributed by atoms with E-state index in [-0.39, 0.29) is 35.5 Å². The topological polar surface area (TPSA) is 153 Å². The number of carbonyl (C=O) groups excluding carboxylic acids is 2. The van der Waals surface area contributed by atoms with E-state index in [1.807, 2.05) is 30.3 Å². The molecule has 0 aliphatic carbocycles. The third-order valence-electron chi connectivity index (χ3n) is 6.41. The number of rotatable bonds is 12. The number of ketones is 1. The van der Waals surface area contributed by atoms with Gasteiger partial charge < -0.3 is 24.5 Å². The molecule has 2 aromatic carbocycles. The molecule has 4 aromatic rings. The molecule has 4 rings (SSSR count). The van der Waals surface area contributed by atoms with E-state index < -0.39 is 37.0 Å². The summed E-state index contributed by atoms with van der Waals surface area (Å²) in [4.78, 5) is 45.4. The summed E-state index contributed by atoms with van der Waals surface area (Å²) in [7, 11) is -3.53. The van der Waals surface area contributed by atoms with Crippen molar-refractivity contribution in [2.24, 2.45) is 0 Å². The van der Waals surface area contributed by atoms with Crippen molar-refractivity contribution in [2.75, 3.05) is 18.5 Å². The minimum absolute atomic E-state index is 0.0791. The van der Waals surface area contributed by atoms with Gasteiger partial charge in [0, 0.05) is 23.8 Å². The Labute approximate surface area is 240 Å². The molecular weight excluding hydrogens is 567 g/mol. The zero-order valence-electron chi connectivity index (χ0n) is 23.0. The van der Waals surface area contributed by atoms with Crippen LogP contribution in [-0.4, -0.2) is 44.5 Å². The first-order valence-electron chi connectivity index (χ1n) is 13.0. The van der Waals surface area contributed by atoms with Crippen LogP contribution in [0, 0.1) is 0 Å². The number of benzene rings is 2. The fraction of sp³-hybridized carbons (Fsp3) is 0.286. The molecule has 3 N–H and O–H groups in total. The van der Waals surface area contributed by atoms with Crippen LogP contribution in [0.5, 0.6) is 5.88 Å². The predicted molar refractivity (Wildman–Crippen MR) is 157 cm³/mol. The van der Waals surface area contributed by atoms with Crippen molar-refractivity contribution in [3.05, 3.63) is 81.7 Å². The van der Waals surface area contributed by atoms with Crippen LogP contribution in [0.1, 0.15) is 55.7 Å². The average Bonchev–Trinajstić information content (AvgIpc) is 3.54. The van der Waals surface area contributed by atoms with Crippen molar-refractivity contribution in [2.45, 2.75) is 39.7 Å². The number of nitrogens with one attached hydrogen (secondary N) is 2. The second kappa shape index (κ2) is 12.8. The first-order valence-corrected chi connectivity index (χ1v) is 15.4. The molecule has 216 valence electrons. The van der Waals surface area contributed by atoms with Crippen LogP contribution in [0.3, 0.4) is 0 Å². The van der Waals surface area contributed by atoms with E-state index in [4.69, 9.17) is 9.05 Å². The third kappa shape index (κ3) is 6.41. The number of aromatic hydroxyl groups is 1. The lowest BCUT2D eigenvalue weighted by atomic mass is 9.92. The number of H-pyrrole nitrogens is 1. The van der Waals surface area contributed by atoms with Crippen molar-refractivity contribution in [1.29, 1.82) is 0 Å². The summed E-state index contributed by atoms with van der Waals surface area (Å²) in [5, 5.41) is 16.1. The second-order valence-corrected chi connectivity index (χ2v) is 12.0. The summed E-state index contributed by atoms with van der Waals surface area (Å²) in [5.41, 5.74) is 0.762. The second-order valence-electron chi connectivity index (χ2n) is 9.11. The minimum Gasteiger partial charge on any atom is -0.493 e. The smallest absolute Gasteiger partial charge is 0.361 e. The Morgan fingerprint density at radius 1 is 1.10 bits per heavy atom. The zero-order valence-corrected chi connectivity index (χ0v) is 24.7. The van der Waals surface area contributed by atoms with Crippen LogP contribution in [0.4, 0.5) is 5.13 Å². The highest BCUT2D eigenvalue weighted by molar-refractivity contribution is 7.62. The predicted octanol–water partition coefficient (Wildman–Crippen LogP) is 5.08. The van der Waals surface area contributed by atoms with Gasteiger partial charge in [0.2, 0.25) is 11.8 Å². The molecule has 0 radical (unpaired) electrons. The number of aromatic amines is 1. The summed E-state index contributed by atoms with van der Waals surface area (Å²) in [6.45, 7) is 6.95. The molecule has 0 bridgehead atoms. The highest BCUT2D eigenvalue weighted by Gasteiger charge is 2.34. The maximum Gasteiger partial charge on any atom is 0.361 e. The molecule has 2 atom stereocenters. The number of carbonyl (C=O) groups is 2. The van der Waals surface area contributed by atoms with Crippen LogP contribution in [0.25, 0.3) is 11.3 Å². The normalized spacial score (nSPS) is 13.1. The Morgan fingerprint density at radius 3 is 2.29 bits per heavy atom. The number of anilines is 1. The quantitative estimate of drug-likeness (QED) is 0.151. The van der Waals surface area contributed by atoms with E-state index in [0.29, 0.717) is 10.9 Å². The summed E-state index contributed by atoms with van der Waals surface area (Å²) >= 11 is 1.08. The molecule has 0 aliphatic rings. The monoisotopic (exact) mass is 598 g/mol. The maximum absolute atomic E-state index is 13.7. The van der Waals surface area contributed by atoms with Crippen molar-refractivity contribution in [3.63, 3.8) is 0 Å². The van der Waals surface area contributed by atoms with Gasteiger partial charge in [-0.2, -0.15) is 0 Å². The molecule has 1 amide bonds. The van der Waals surface area contributed by atoms with Crippen LogP contribution >= 0.6 is 18.9 Å². The van der Waals surface area contributed by atoms with Gasteiger partial charge in [0.1, 0.15) is 17.4 Å². The molecule has 0 spiro atoms. The average molecular weight is 599 g/mol. The van der Waals surface area contributed by atoms with Gasteiger partial charge in [0.05, 0.1) is 18.5 Å². The number of imidazole rings is 1. The number of nitrogens with zero attached hydrogens (tertiary/aromatic N) is 2. The number of amides is 1. The van der Waals surface area contributed by atoms with Gasteiger partial charge in [-0.15, -0.1) is 11.3 Å². The maximum atomic E-state index is 13.7. The first-order chi connectivity index (χ1) is 19.6. The number of aromatic nitrogens is 3. The molecule has 13 heteroatoms. The number of hydrogen-bond donors (Lipinski definition) is 3. The molecule has 0 unspecified atom stereocenters. The van der Waals surface area contributed by atoms with Crippen LogP contribution in [-0.2, 0) is 18.4 Å². The van der Waals surface area contributed by atoms with E-state index in [2.05, 4.69) is 15.3 Å². The molecule has 2 heterocycles. The van der Waals surface area contributed by atoms with Gasteiger partial charge in [-0.3, -0.25) is 14.2 Å². The van der Waals surface area contributed by atoms with E-state index in [1.165, 1.54) is 12.3 Å². The third-order valence-corrected chi connectivity index (χ3v) is 9.30. The van der Waals surface area contributed by atoms with Gasteiger partial charge in [0.15, 0.2) is 10.9 Å². The van der Waals surface area contributed by atoms with Crippen molar-refractivity contribution >= 4 is 41.1 Å². The fourth-order valence-corrected chi connectivity index (χ4v) is 6.73. The Bertz CT molecular complexity index is 1620. The largest absolute Gasteiger partial charge is 0.493 e. The lowest BCUT2D eigenvalue weighted by molar-refractivity contribution is -0.120. The molecule has 41 heavy (non-hydrogen) atoms. The summed E-state index contributed by atoms with van der Waals surface area (Å²) < 4.78 is 24.9. The van der Waals surface area contributed by atoms with Crippen molar-refractivity contribution in [1.82, 2.24) is 14.5 Å². The standard InChI is InChI=1S/C28H31N4O7PS/c1-5-38-40(37,39-6-2)21-14-12-20(13-15-21)23-26(35)32(28(36)30-23)24(17(3)19-10-8-7-9-11-19)25(34)31-27-29-22(16-41-27)18(4)33/h7-17,24,35H,5-6H2,1-4H3,(H,30,36)(H,29,31,34)/t17-,24-/m0/s1. The van der Waals surface area contributed by atoms with Crippen molar-refractivity contribution < 1.29 is 28.3 Å². The number of Topliss-reactive ketones (excluding diaryl/α,β-unsaturated/α-hetero) is 1. The molecule has 0 saturated carbocycles. The molecule has 0 fully saturated rings. The van der Waals surface area contributed by atoms with Crippen LogP contribution in [0.2, 0.25) is 0 Å². The first kappa shape index (κ1) is 30.1. The highest BCUT2D eigenvalue weighted by Crippen LogP contribution is 2.47. The Morgan fingerprint density at radius 2 is 1.73 bits per heavy atom. The lowest BCUT2D eigenvalue weighted by Crippen LogP contribution is -2.35. The van der Waals surface area contributed by atoms with Gasteiger partial charge in [0.25, 0.3) is 0 Å². The molecular formula is C28H31N4O7PS. The van der Waals surface area contributed by atoms with Crippen LogP contribution < -0.4 is 16.3 Å². The highest BCUT2D eigenvalue weighted by atomic mass is 32.1. The van der Waals surface area contributed by atoms with E-state index in [1.54, 1.807) is 45.0 Å². The van der Waals surface area contributed by atoms with Crippen LogP contribution in [0.15, 0.2) is 64.8 Å². The molecule has 2 aromatic heterocycles. The van der Waals surface area contributed by atoms with Gasteiger partial charge in [-0.1, -0.05) is 49.4 Å². The fourth-order valence-electron chi connectivity index (χ4n) is 4.41. The minimum atomic E-state index is -3.53. The van der Waals surface area contributed by atoms with Gasteiger partial charge in [-0.05, 0) is 31.5 Å². The SMILES string of the molecule is CCOP(=O)(OCC)c1ccc(-c2[nH]c(=O)n([C@H](C(=O)Nc3nc(C(C)=O)cs3)[C@@H](C)c3ccccc3)c2O)cc1. The summed E-state index contributed by atoms with van der Waals surface area (Å²) in [6.07, 6.45) is 0. The lowest BCUT2D eigenvalue weighted by Gasteiger charge is -2.24. The number of hydrogen-bond acceptors (Lipinski definition) is 9. The zero-order chi connectivity index (χ0) is 29.7. The van der Waals surface area contributed by atoms with Gasteiger partial charge in [-0.25, -0.2) is 14.3 Å². The Hall–Kier alpha value is -3.83. The number of thiazole rings is 1. The molecule has 0 saturated heterocycles.